The number of aromatic nitrogens is 2. The van der Waals surface area contributed by atoms with Crippen molar-refractivity contribution in [3.8, 4) is 0 Å². The van der Waals surface area contributed by atoms with Gasteiger partial charge in [-0.3, -0.25) is 19.6 Å². The Kier molecular flexibility index (Phi) is 5.37. The Morgan fingerprint density at radius 2 is 2.08 bits per heavy atom. The van der Waals surface area contributed by atoms with Gasteiger partial charge in [0.2, 0.25) is 5.91 Å². The second kappa shape index (κ2) is 7.39. The van der Waals surface area contributed by atoms with Crippen molar-refractivity contribution < 1.29 is 14.7 Å². The van der Waals surface area contributed by atoms with E-state index in [2.05, 4.69) is 35.0 Å². The van der Waals surface area contributed by atoms with Crippen LogP contribution in [0.25, 0.3) is 0 Å². The van der Waals surface area contributed by atoms with Crippen LogP contribution in [0.1, 0.15) is 51.4 Å². The number of carbonyl (C=O) groups is 2. The quantitative estimate of drug-likeness (QED) is 0.835. The van der Waals surface area contributed by atoms with Gasteiger partial charge in [0, 0.05) is 38.8 Å². The van der Waals surface area contributed by atoms with Crippen LogP contribution in [0.4, 0.5) is 0 Å². The van der Waals surface area contributed by atoms with Crippen molar-refractivity contribution in [2.45, 2.75) is 59.0 Å². The molecule has 2 N–H and O–H groups in total. The maximum absolute atomic E-state index is 11.8. The lowest BCUT2D eigenvalue weighted by molar-refractivity contribution is -0.142. The Hall–Kier alpha value is -1.89. The number of carboxylic acid groups (broad SMARTS) is 1. The lowest BCUT2D eigenvalue weighted by Gasteiger charge is -2.39. The molecule has 2 aliphatic rings. The highest BCUT2D eigenvalue weighted by atomic mass is 16.4. The van der Waals surface area contributed by atoms with Gasteiger partial charge >= 0.3 is 5.97 Å². The average molecular weight is 362 g/mol. The van der Waals surface area contributed by atoms with Gasteiger partial charge in [-0.2, -0.15) is 5.10 Å². The van der Waals surface area contributed by atoms with Gasteiger partial charge in [0.25, 0.3) is 0 Å². The van der Waals surface area contributed by atoms with E-state index in [9.17, 15) is 14.7 Å². The van der Waals surface area contributed by atoms with Gasteiger partial charge in [0.1, 0.15) is 6.04 Å². The minimum Gasteiger partial charge on any atom is -0.480 e. The topological polar surface area (TPSA) is 89.5 Å². The summed E-state index contributed by atoms with van der Waals surface area (Å²) in [5.74, 6) is -0.100. The molecule has 2 aliphatic heterocycles. The highest BCUT2D eigenvalue weighted by Crippen LogP contribution is 2.44. The Bertz CT molecular complexity index is 661. The molecule has 1 spiro atoms. The molecule has 144 valence electrons. The minimum atomic E-state index is -0.752. The Morgan fingerprint density at radius 1 is 1.38 bits per heavy atom. The number of carbonyl (C=O) groups excluding carboxylic acids is 1. The summed E-state index contributed by atoms with van der Waals surface area (Å²) in [6, 6.07) is 1.60. The fourth-order valence-electron chi connectivity index (χ4n) is 4.44. The molecule has 1 amide bonds. The summed E-state index contributed by atoms with van der Waals surface area (Å²) in [7, 11) is 0. The fraction of sp³-hybridized carbons (Fsp3) is 0.737. The molecule has 2 saturated heterocycles. The fourth-order valence-corrected chi connectivity index (χ4v) is 4.44. The zero-order chi connectivity index (χ0) is 18.9. The van der Waals surface area contributed by atoms with E-state index >= 15 is 0 Å². The zero-order valence-electron chi connectivity index (χ0n) is 16.0. The summed E-state index contributed by atoms with van der Waals surface area (Å²) in [6.07, 6.45) is 3.35. The molecule has 7 heteroatoms. The third kappa shape index (κ3) is 4.09. The van der Waals surface area contributed by atoms with Gasteiger partial charge in [-0.1, -0.05) is 13.8 Å². The van der Waals surface area contributed by atoms with Gasteiger partial charge in [0.05, 0.1) is 5.69 Å². The molecular formula is C19H30N4O3. The van der Waals surface area contributed by atoms with Crippen LogP contribution >= 0.6 is 0 Å². The first-order valence-electron chi connectivity index (χ1n) is 9.53. The van der Waals surface area contributed by atoms with E-state index in [-0.39, 0.29) is 11.3 Å². The average Bonchev–Trinajstić information content (AvgIpc) is 3.12. The number of amides is 1. The lowest BCUT2D eigenvalue weighted by atomic mass is 9.76. The first-order chi connectivity index (χ1) is 12.3. The normalized spacial score (nSPS) is 23.1. The van der Waals surface area contributed by atoms with Crippen LogP contribution in [0.15, 0.2) is 6.07 Å². The summed E-state index contributed by atoms with van der Waals surface area (Å²) in [5.41, 5.74) is 2.02. The molecule has 0 bridgehead atoms. The molecule has 1 aromatic heterocycles. The SMILES string of the molecule is CC(=O)N1CCC2(CC1)C[C@H](C(=O)O)N(Cc1cc(CC(C)C)n[nH]1)C2. The number of aliphatic carboxylic acids is 1. The molecule has 3 heterocycles. The van der Waals surface area contributed by atoms with E-state index in [0.29, 0.717) is 18.9 Å². The maximum Gasteiger partial charge on any atom is 0.320 e. The first kappa shape index (κ1) is 18.9. The van der Waals surface area contributed by atoms with Gasteiger partial charge in [-0.25, -0.2) is 0 Å². The van der Waals surface area contributed by atoms with Crippen molar-refractivity contribution in [1.82, 2.24) is 20.0 Å². The number of H-pyrrole nitrogens is 1. The predicted octanol–water partition coefficient (Wildman–Crippen LogP) is 1.90. The van der Waals surface area contributed by atoms with Gasteiger partial charge in [0.15, 0.2) is 0 Å². The minimum absolute atomic E-state index is 0.00971. The molecule has 7 nitrogen and oxygen atoms in total. The number of nitrogens with one attached hydrogen (secondary N) is 1. The molecular weight excluding hydrogens is 332 g/mol. The maximum atomic E-state index is 11.8. The molecule has 1 aromatic rings. The summed E-state index contributed by atoms with van der Waals surface area (Å²) >= 11 is 0. The zero-order valence-corrected chi connectivity index (χ0v) is 16.0. The van der Waals surface area contributed by atoms with Crippen LogP contribution < -0.4 is 0 Å². The van der Waals surface area contributed by atoms with E-state index in [1.54, 1.807) is 6.92 Å². The molecule has 3 rings (SSSR count). The molecule has 26 heavy (non-hydrogen) atoms. The number of hydrogen-bond acceptors (Lipinski definition) is 4. The van der Waals surface area contributed by atoms with Crippen LogP contribution in [-0.4, -0.2) is 62.7 Å². The van der Waals surface area contributed by atoms with E-state index in [4.69, 9.17) is 0 Å². The molecule has 0 saturated carbocycles. The summed E-state index contributed by atoms with van der Waals surface area (Å²) in [6.45, 7) is 8.75. The Labute approximate surface area is 154 Å². The third-order valence-corrected chi connectivity index (χ3v) is 5.83. The molecule has 0 radical (unpaired) electrons. The summed E-state index contributed by atoms with van der Waals surface area (Å²) in [5, 5.41) is 17.1. The number of aromatic amines is 1. The third-order valence-electron chi connectivity index (χ3n) is 5.83. The molecule has 0 aliphatic carbocycles. The predicted molar refractivity (Wildman–Crippen MR) is 97.5 cm³/mol. The van der Waals surface area contributed by atoms with Crippen molar-refractivity contribution in [1.29, 1.82) is 0 Å². The van der Waals surface area contributed by atoms with Crippen LogP contribution in [0.2, 0.25) is 0 Å². The number of carboxylic acids is 1. The van der Waals surface area contributed by atoms with Crippen LogP contribution in [-0.2, 0) is 22.6 Å². The summed E-state index contributed by atoms with van der Waals surface area (Å²) < 4.78 is 0. The van der Waals surface area contributed by atoms with E-state index in [1.807, 2.05) is 4.90 Å². The van der Waals surface area contributed by atoms with Crippen LogP contribution in [0.3, 0.4) is 0 Å². The van der Waals surface area contributed by atoms with Crippen LogP contribution in [0, 0.1) is 11.3 Å². The van der Waals surface area contributed by atoms with Crippen molar-refractivity contribution in [2.75, 3.05) is 19.6 Å². The van der Waals surface area contributed by atoms with Gasteiger partial charge in [-0.15, -0.1) is 0 Å². The monoisotopic (exact) mass is 362 g/mol. The largest absolute Gasteiger partial charge is 0.480 e. The van der Waals surface area contributed by atoms with Crippen molar-refractivity contribution in [3.63, 3.8) is 0 Å². The Morgan fingerprint density at radius 3 is 2.65 bits per heavy atom. The second-order valence-electron chi connectivity index (χ2n) is 8.45. The Balaban J connectivity index is 1.67. The van der Waals surface area contributed by atoms with E-state index < -0.39 is 12.0 Å². The standard InChI is InChI=1S/C19H30N4O3/c1-13(2)8-15-9-16(21-20-15)11-23-12-19(10-17(23)18(25)26)4-6-22(7-5-19)14(3)24/h9,13,17H,4-8,10-12H2,1-3H3,(H,20,21)(H,25,26)/t17-/m1/s1. The molecule has 2 fully saturated rings. The highest BCUT2D eigenvalue weighted by molar-refractivity contribution is 5.74. The van der Waals surface area contributed by atoms with E-state index in [0.717, 1.165) is 50.3 Å². The van der Waals surface area contributed by atoms with Crippen molar-refractivity contribution in [2.24, 2.45) is 11.3 Å². The molecule has 0 aromatic carbocycles. The number of piperidine rings is 1. The second-order valence-corrected chi connectivity index (χ2v) is 8.45. The smallest absolute Gasteiger partial charge is 0.320 e. The first-order valence-corrected chi connectivity index (χ1v) is 9.53. The van der Waals surface area contributed by atoms with Crippen molar-refractivity contribution in [3.05, 3.63) is 17.5 Å². The summed E-state index contributed by atoms with van der Waals surface area (Å²) in [4.78, 5) is 27.3. The molecule has 0 unspecified atom stereocenters. The highest BCUT2D eigenvalue weighted by Gasteiger charge is 2.48. The van der Waals surface area contributed by atoms with E-state index in [1.165, 1.54) is 0 Å². The number of hydrogen-bond donors (Lipinski definition) is 2. The molecule has 1 atom stereocenters. The number of nitrogens with zero attached hydrogens (tertiary/aromatic N) is 3. The number of likely N-dealkylation sites (tertiary alicyclic amines) is 2. The van der Waals surface area contributed by atoms with Gasteiger partial charge in [-0.05, 0) is 43.1 Å². The lowest BCUT2D eigenvalue weighted by Crippen LogP contribution is -2.43. The van der Waals surface area contributed by atoms with Crippen molar-refractivity contribution >= 4 is 11.9 Å². The number of rotatable bonds is 5. The van der Waals surface area contributed by atoms with Gasteiger partial charge < -0.3 is 10.0 Å². The van der Waals surface area contributed by atoms with Crippen LogP contribution in [0.5, 0.6) is 0 Å².